The van der Waals surface area contributed by atoms with Crippen LogP contribution in [0.3, 0.4) is 0 Å². The highest BCUT2D eigenvalue weighted by atomic mass is 16.2. The van der Waals surface area contributed by atoms with Crippen LogP contribution in [0.5, 0.6) is 0 Å². The molecule has 25 heavy (non-hydrogen) atoms. The lowest BCUT2D eigenvalue weighted by Gasteiger charge is -2.10. The lowest BCUT2D eigenvalue weighted by Crippen LogP contribution is -2.25. The Hall–Kier alpha value is -2.62. The first-order chi connectivity index (χ1) is 11.9. The Balaban J connectivity index is 2.00. The van der Waals surface area contributed by atoms with Crippen molar-refractivity contribution in [3.05, 3.63) is 64.7 Å². The molecule has 0 unspecified atom stereocenters. The number of nitrogens with one attached hydrogen (secondary N) is 2. The molecule has 2 amide bonds. The zero-order valence-corrected chi connectivity index (χ0v) is 15.3. The summed E-state index contributed by atoms with van der Waals surface area (Å²) < 4.78 is 0. The Kier molecular flexibility index (Phi) is 6.34. The molecule has 0 saturated heterocycles. The topological polar surface area (TPSA) is 58.2 Å². The van der Waals surface area contributed by atoms with E-state index in [-0.39, 0.29) is 11.8 Å². The molecular weight excluding hydrogens is 312 g/mol. The Morgan fingerprint density at radius 3 is 2.12 bits per heavy atom. The van der Waals surface area contributed by atoms with Gasteiger partial charge in [-0.2, -0.15) is 0 Å². The summed E-state index contributed by atoms with van der Waals surface area (Å²) >= 11 is 0. The SMILES string of the molecule is Cc1ccc(C)c(NC(=O)c2ccc(C(=O)NCCC(C)C)cc2)c1. The van der Waals surface area contributed by atoms with Crippen LogP contribution in [0.15, 0.2) is 42.5 Å². The zero-order chi connectivity index (χ0) is 18.4. The highest BCUT2D eigenvalue weighted by Crippen LogP contribution is 2.17. The van der Waals surface area contributed by atoms with Gasteiger partial charge in [-0.15, -0.1) is 0 Å². The van der Waals surface area contributed by atoms with E-state index < -0.39 is 0 Å². The Labute approximate surface area is 149 Å². The van der Waals surface area contributed by atoms with E-state index in [2.05, 4.69) is 24.5 Å². The predicted molar refractivity (Wildman–Crippen MR) is 102 cm³/mol. The van der Waals surface area contributed by atoms with Crippen LogP contribution >= 0.6 is 0 Å². The minimum atomic E-state index is -0.180. The largest absolute Gasteiger partial charge is 0.352 e. The average molecular weight is 338 g/mol. The van der Waals surface area contributed by atoms with Crippen LogP contribution in [0.2, 0.25) is 0 Å². The molecule has 0 radical (unpaired) electrons. The summed E-state index contributed by atoms with van der Waals surface area (Å²) in [6, 6.07) is 12.7. The maximum atomic E-state index is 12.4. The van der Waals surface area contributed by atoms with E-state index in [0.29, 0.717) is 23.6 Å². The summed E-state index contributed by atoms with van der Waals surface area (Å²) in [5.41, 5.74) is 4.00. The highest BCUT2D eigenvalue weighted by molar-refractivity contribution is 6.05. The minimum Gasteiger partial charge on any atom is -0.352 e. The van der Waals surface area contributed by atoms with Gasteiger partial charge in [0.2, 0.25) is 0 Å². The second kappa shape index (κ2) is 8.47. The molecule has 0 heterocycles. The number of carbonyl (C=O) groups excluding carboxylic acids is 2. The summed E-state index contributed by atoms with van der Waals surface area (Å²) in [7, 11) is 0. The van der Waals surface area contributed by atoms with Gasteiger partial charge >= 0.3 is 0 Å². The molecule has 4 nitrogen and oxygen atoms in total. The van der Waals surface area contributed by atoms with E-state index in [9.17, 15) is 9.59 Å². The summed E-state index contributed by atoms with van der Waals surface area (Å²) in [6.45, 7) is 8.85. The molecule has 0 saturated carbocycles. The van der Waals surface area contributed by atoms with Crippen LogP contribution in [-0.2, 0) is 0 Å². The van der Waals surface area contributed by atoms with Gasteiger partial charge in [0.15, 0.2) is 0 Å². The van der Waals surface area contributed by atoms with Crippen LogP contribution in [0.1, 0.15) is 52.1 Å². The molecule has 2 N–H and O–H groups in total. The number of hydrogen-bond acceptors (Lipinski definition) is 2. The van der Waals surface area contributed by atoms with Gasteiger partial charge in [-0.1, -0.05) is 26.0 Å². The first-order valence-electron chi connectivity index (χ1n) is 8.63. The van der Waals surface area contributed by atoms with E-state index in [1.165, 1.54) is 0 Å². The summed E-state index contributed by atoms with van der Waals surface area (Å²) in [4.78, 5) is 24.5. The van der Waals surface area contributed by atoms with Crippen LogP contribution in [0.25, 0.3) is 0 Å². The third-order valence-corrected chi connectivity index (χ3v) is 4.06. The highest BCUT2D eigenvalue weighted by Gasteiger charge is 2.10. The number of hydrogen-bond donors (Lipinski definition) is 2. The molecule has 4 heteroatoms. The standard InChI is InChI=1S/C21H26N2O2/c1-14(2)11-12-22-20(24)17-7-9-18(10-8-17)21(25)23-19-13-15(3)5-6-16(19)4/h5-10,13-14H,11-12H2,1-4H3,(H,22,24)(H,23,25). The van der Waals surface area contributed by atoms with Crippen molar-refractivity contribution in [3.8, 4) is 0 Å². The van der Waals surface area contributed by atoms with Crippen molar-refractivity contribution < 1.29 is 9.59 Å². The van der Waals surface area contributed by atoms with Gasteiger partial charge in [0, 0.05) is 23.4 Å². The first-order valence-corrected chi connectivity index (χ1v) is 8.63. The lowest BCUT2D eigenvalue weighted by atomic mass is 10.1. The van der Waals surface area contributed by atoms with Gasteiger partial charge in [-0.25, -0.2) is 0 Å². The Morgan fingerprint density at radius 2 is 1.52 bits per heavy atom. The fourth-order valence-corrected chi connectivity index (χ4v) is 2.41. The molecule has 0 aliphatic carbocycles. The van der Waals surface area contributed by atoms with Crippen molar-refractivity contribution in [2.45, 2.75) is 34.1 Å². The number of amides is 2. The average Bonchev–Trinajstić information content (AvgIpc) is 2.58. The van der Waals surface area contributed by atoms with E-state index in [4.69, 9.17) is 0 Å². The number of anilines is 1. The Bertz CT molecular complexity index is 749. The fourth-order valence-electron chi connectivity index (χ4n) is 2.41. The first kappa shape index (κ1) is 18.7. The molecule has 0 bridgehead atoms. The molecule has 0 aliphatic rings. The monoisotopic (exact) mass is 338 g/mol. The van der Waals surface area contributed by atoms with Gasteiger partial charge in [0.1, 0.15) is 0 Å². The second-order valence-corrected chi connectivity index (χ2v) is 6.79. The number of carbonyl (C=O) groups is 2. The summed E-state index contributed by atoms with van der Waals surface area (Å²) in [5, 5.41) is 5.82. The maximum Gasteiger partial charge on any atom is 0.255 e. The number of benzene rings is 2. The van der Waals surface area contributed by atoms with Crippen molar-refractivity contribution in [1.82, 2.24) is 5.32 Å². The van der Waals surface area contributed by atoms with Gasteiger partial charge in [0.05, 0.1) is 0 Å². The van der Waals surface area contributed by atoms with Crippen LogP contribution in [0.4, 0.5) is 5.69 Å². The third-order valence-electron chi connectivity index (χ3n) is 4.06. The van der Waals surface area contributed by atoms with Gasteiger partial charge in [-0.3, -0.25) is 9.59 Å². The molecule has 2 aromatic rings. The van der Waals surface area contributed by atoms with E-state index >= 15 is 0 Å². The van der Waals surface area contributed by atoms with E-state index in [0.717, 1.165) is 23.2 Å². The molecule has 0 aliphatic heterocycles. The van der Waals surface area contributed by atoms with Crippen molar-refractivity contribution >= 4 is 17.5 Å². The third kappa shape index (κ3) is 5.45. The van der Waals surface area contributed by atoms with Gasteiger partial charge in [0.25, 0.3) is 11.8 Å². The molecule has 0 fully saturated rings. The summed E-state index contributed by atoms with van der Waals surface area (Å²) in [5.74, 6) is 0.263. The fraction of sp³-hybridized carbons (Fsp3) is 0.333. The summed E-state index contributed by atoms with van der Waals surface area (Å²) in [6.07, 6.45) is 0.947. The molecule has 2 rings (SSSR count). The molecule has 132 valence electrons. The Morgan fingerprint density at radius 1 is 0.920 bits per heavy atom. The lowest BCUT2D eigenvalue weighted by molar-refractivity contribution is 0.0950. The normalized spacial score (nSPS) is 10.6. The van der Waals surface area contributed by atoms with E-state index in [1.807, 2.05) is 32.0 Å². The van der Waals surface area contributed by atoms with Crippen molar-refractivity contribution in [2.24, 2.45) is 5.92 Å². The molecule has 0 atom stereocenters. The maximum absolute atomic E-state index is 12.4. The molecule has 2 aromatic carbocycles. The van der Waals surface area contributed by atoms with Crippen molar-refractivity contribution in [3.63, 3.8) is 0 Å². The van der Waals surface area contributed by atoms with E-state index in [1.54, 1.807) is 24.3 Å². The van der Waals surface area contributed by atoms with Crippen LogP contribution in [0, 0.1) is 19.8 Å². The van der Waals surface area contributed by atoms with Gasteiger partial charge in [-0.05, 0) is 67.6 Å². The number of aryl methyl sites for hydroxylation is 2. The molecular formula is C21H26N2O2. The zero-order valence-electron chi connectivity index (χ0n) is 15.3. The number of rotatable bonds is 6. The predicted octanol–water partition coefficient (Wildman–Crippen LogP) is 4.33. The van der Waals surface area contributed by atoms with Crippen LogP contribution in [-0.4, -0.2) is 18.4 Å². The smallest absolute Gasteiger partial charge is 0.255 e. The van der Waals surface area contributed by atoms with Crippen molar-refractivity contribution in [1.29, 1.82) is 0 Å². The van der Waals surface area contributed by atoms with Crippen molar-refractivity contribution in [2.75, 3.05) is 11.9 Å². The van der Waals surface area contributed by atoms with Gasteiger partial charge < -0.3 is 10.6 Å². The second-order valence-electron chi connectivity index (χ2n) is 6.79. The van der Waals surface area contributed by atoms with Crippen LogP contribution < -0.4 is 10.6 Å². The molecule has 0 spiro atoms. The molecule has 0 aromatic heterocycles. The minimum absolute atomic E-state index is 0.109. The quantitative estimate of drug-likeness (QED) is 0.823.